The van der Waals surface area contributed by atoms with E-state index in [0.717, 1.165) is 23.7 Å². The molecule has 1 fully saturated rings. The molecule has 6 nitrogen and oxygen atoms in total. The van der Waals surface area contributed by atoms with E-state index < -0.39 is 0 Å². The minimum absolute atomic E-state index is 0.0342. The zero-order chi connectivity index (χ0) is 18.6. The summed E-state index contributed by atoms with van der Waals surface area (Å²) < 4.78 is 5.63. The molecule has 2 aliphatic heterocycles. The molecule has 0 aliphatic carbocycles. The highest BCUT2D eigenvalue weighted by molar-refractivity contribution is 8.00. The molecule has 0 radical (unpaired) electrons. The van der Waals surface area contributed by atoms with E-state index in [1.54, 1.807) is 18.4 Å². The number of thioether (sulfide) groups is 1. The first-order valence-electron chi connectivity index (χ1n) is 9.33. The number of hydrogen-bond acceptors (Lipinski definition) is 5. The Morgan fingerprint density at radius 3 is 2.89 bits per heavy atom. The van der Waals surface area contributed by atoms with Crippen molar-refractivity contribution in [3.05, 3.63) is 47.9 Å². The van der Waals surface area contributed by atoms with Crippen molar-refractivity contribution in [2.75, 3.05) is 30.7 Å². The molecule has 27 heavy (non-hydrogen) atoms. The summed E-state index contributed by atoms with van der Waals surface area (Å²) in [7, 11) is 0. The SMILES string of the molecule is O=C1CSc2ccc(C(=O)NC[C@@H](c3ccco3)N3CCCCC3)cc2N1. The van der Waals surface area contributed by atoms with E-state index in [1.807, 2.05) is 18.2 Å². The van der Waals surface area contributed by atoms with Crippen molar-refractivity contribution < 1.29 is 14.0 Å². The van der Waals surface area contributed by atoms with Gasteiger partial charge in [-0.05, 0) is 56.3 Å². The number of nitrogens with one attached hydrogen (secondary N) is 2. The lowest BCUT2D eigenvalue weighted by Gasteiger charge is -2.33. The summed E-state index contributed by atoms with van der Waals surface area (Å²) in [5.41, 5.74) is 1.26. The van der Waals surface area contributed by atoms with Crippen molar-refractivity contribution in [1.82, 2.24) is 10.2 Å². The summed E-state index contributed by atoms with van der Waals surface area (Å²) >= 11 is 1.49. The summed E-state index contributed by atoms with van der Waals surface area (Å²) in [6.07, 6.45) is 5.28. The topological polar surface area (TPSA) is 74.6 Å². The summed E-state index contributed by atoms with van der Waals surface area (Å²) in [6, 6.07) is 9.34. The highest BCUT2D eigenvalue weighted by Crippen LogP contribution is 2.32. The van der Waals surface area contributed by atoms with Crippen molar-refractivity contribution >= 4 is 29.3 Å². The molecule has 142 valence electrons. The van der Waals surface area contributed by atoms with Gasteiger partial charge in [0, 0.05) is 17.0 Å². The second kappa shape index (κ2) is 8.19. The van der Waals surface area contributed by atoms with Gasteiger partial charge in [0.2, 0.25) is 5.91 Å². The number of amides is 2. The molecule has 1 aromatic carbocycles. The van der Waals surface area contributed by atoms with E-state index in [2.05, 4.69) is 15.5 Å². The minimum atomic E-state index is -0.142. The number of likely N-dealkylation sites (tertiary alicyclic amines) is 1. The van der Waals surface area contributed by atoms with Crippen molar-refractivity contribution in [3.63, 3.8) is 0 Å². The molecule has 0 unspecified atom stereocenters. The van der Waals surface area contributed by atoms with Gasteiger partial charge < -0.3 is 15.1 Å². The number of piperidine rings is 1. The van der Waals surface area contributed by atoms with Gasteiger partial charge in [-0.2, -0.15) is 0 Å². The van der Waals surface area contributed by atoms with Crippen LogP contribution in [0.2, 0.25) is 0 Å². The molecule has 0 saturated carbocycles. The van der Waals surface area contributed by atoms with Crippen LogP contribution in [-0.4, -0.2) is 42.1 Å². The van der Waals surface area contributed by atoms with Gasteiger partial charge in [-0.15, -0.1) is 11.8 Å². The summed E-state index contributed by atoms with van der Waals surface area (Å²) in [5.74, 6) is 1.12. The molecule has 1 saturated heterocycles. The average molecular weight is 385 g/mol. The fraction of sp³-hybridized carbons (Fsp3) is 0.400. The monoisotopic (exact) mass is 385 g/mol. The number of rotatable bonds is 5. The molecule has 0 bridgehead atoms. The van der Waals surface area contributed by atoms with Crippen molar-refractivity contribution in [1.29, 1.82) is 0 Å². The van der Waals surface area contributed by atoms with Crippen LogP contribution in [-0.2, 0) is 4.79 Å². The van der Waals surface area contributed by atoms with E-state index in [1.165, 1.54) is 31.0 Å². The quantitative estimate of drug-likeness (QED) is 0.826. The zero-order valence-corrected chi connectivity index (χ0v) is 15.9. The average Bonchev–Trinajstić information content (AvgIpc) is 3.22. The predicted molar refractivity (Wildman–Crippen MR) is 105 cm³/mol. The lowest BCUT2D eigenvalue weighted by atomic mass is 10.1. The molecular weight excluding hydrogens is 362 g/mol. The van der Waals surface area contributed by atoms with Gasteiger partial charge in [0.15, 0.2) is 0 Å². The Kier molecular flexibility index (Phi) is 5.50. The Balaban J connectivity index is 1.45. The Labute approximate surface area is 162 Å². The fourth-order valence-electron chi connectivity index (χ4n) is 3.64. The highest BCUT2D eigenvalue weighted by Gasteiger charge is 2.25. The van der Waals surface area contributed by atoms with Gasteiger partial charge in [-0.3, -0.25) is 14.5 Å². The Hall–Kier alpha value is -2.25. The van der Waals surface area contributed by atoms with E-state index in [9.17, 15) is 9.59 Å². The van der Waals surface area contributed by atoms with Crippen LogP contribution >= 0.6 is 11.8 Å². The van der Waals surface area contributed by atoms with Crippen LogP contribution in [0.15, 0.2) is 45.9 Å². The summed E-state index contributed by atoms with van der Waals surface area (Å²) in [4.78, 5) is 27.6. The molecule has 2 N–H and O–H groups in total. The van der Waals surface area contributed by atoms with E-state index in [4.69, 9.17) is 4.42 Å². The molecule has 0 spiro atoms. The first kappa shape index (κ1) is 18.1. The van der Waals surface area contributed by atoms with Crippen LogP contribution in [0.5, 0.6) is 0 Å². The smallest absolute Gasteiger partial charge is 0.251 e. The first-order valence-corrected chi connectivity index (χ1v) is 10.3. The fourth-order valence-corrected chi connectivity index (χ4v) is 4.42. The maximum Gasteiger partial charge on any atom is 0.251 e. The summed E-state index contributed by atoms with van der Waals surface area (Å²) in [6.45, 7) is 2.53. The highest BCUT2D eigenvalue weighted by atomic mass is 32.2. The molecule has 2 amide bonds. The molecular formula is C20H23N3O3S. The number of hydrogen-bond donors (Lipinski definition) is 2. The maximum atomic E-state index is 12.7. The second-order valence-electron chi connectivity index (χ2n) is 6.89. The van der Waals surface area contributed by atoms with Gasteiger partial charge in [0.1, 0.15) is 5.76 Å². The Bertz CT molecular complexity index is 816. The molecule has 1 atom stereocenters. The largest absolute Gasteiger partial charge is 0.468 e. The number of nitrogens with zero attached hydrogens (tertiary/aromatic N) is 1. The number of benzene rings is 1. The standard InChI is InChI=1S/C20H23N3O3S/c24-19-13-27-18-7-6-14(11-15(18)22-19)20(25)21-12-16(17-5-4-10-26-17)23-8-2-1-3-9-23/h4-7,10-11,16H,1-3,8-9,12-13H2,(H,21,25)(H,22,24)/t16-/m0/s1. The van der Waals surface area contributed by atoms with Gasteiger partial charge in [0.05, 0.1) is 23.7 Å². The van der Waals surface area contributed by atoms with Crippen LogP contribution < -0.4 is 10.6 Å². The number of fused-ring (bicyclic) bond motifs is 1. The Morgan fingerprint density at radius 1 is 1.26 bits per heavy atom. The lowest BCUT2D eigenvalue weighted by molar-refractivity contribution is -0.113. The van der Waals surface area contributed by atoms with E-state index in [-0.39, 0.29) is 17.9 Å². The predicted octanol–water partition coefficient (Wildman–Crippen LogP) is 3.28. The van der Waals surface area contributed by atoms with Crippen LogP contribution in [0, 0.1) is 0 Å². The van der Waals surface area contributed by atoms with E-state index >= 15 is 0 Å². The van der Waals surface area contributed by atoms with Gasteiger partial charge in [0.25, 0.3) is 5.91 Å². The molecule has 7 heteroatoms. The van der Waals surface area contributed by atoms with Gasteiger partial charge in [-0.1, -0.05) is 6.42 Å². The minimum Gasteiger partial charge on any atom is -0.468 e. The van der Waals surface area contributed by atoms with Crippen molar-refractivity contribution in [2.24, 2.45) is 0 Å². The maximum absolute atomic E-state index is 12.7. The molecule has 2 aromatic rings. The van der Waals surface area contributed by atoms with Crippen molar-refractivity contribution in [3.8, 4) is 0 Å². The van der Waals surface area contributed by atoms with Crippen LogP contribution in [0.25, 0.3) is 0 Å². The second-order valence-corrected chi connectivity index (χ2v) is 7.90. The Morgan fingerprint density at radius 2 is 2.11 bits per heavy atom. The van der Waals surface area contributed by atoms with Crippen LogP contribution in [0.1, 0.15) is 41.4 Å². The molecule has 3 heterocycles. The zero-order valence-electron chi connectivity index (χ0n) is 15.1. The third-order valence-electron chi connectivity index (χ3n) is 5.03. The lowest BCUT2D eigenvalue weighted by Crippen LogP contribution is -2.40. The number of furan rings is 1. The van der Waals surface area contributed by atoms with Crippen LogP contribution in [0.3, 0.4) is 0 Å². The van der Waals surface area contributed by atoms with Gasteiger partial charge in [-0.25, -0.2) is 0 Å². The molecule has 2 aliphatic rings. The number of anilines is 1. The first-order chi connectivity index (χ1) is 13.2. The summed E-state index contributed by atoms with van der Waals surface area (Å²) in [5, 5.41) is 5.87. The molecule has 1 aromatic heterocycles. The van der Waals surface area contributed by atoms with Crippen LogP contribution in [0.4, 0.5) is 5.69 Å². The number of carbonyl (C=O) groups is 2. The molecule has 4 rings (SSSR count). The normalized spacial score (nSPS) is 18.4. The number of carbonyl (C=O) groups excluding carboxylic acids is 2. The van der Waals surface area contributed by atoms with Crippen molar-refractivity contribution in [2.45, 2.75) is 30.2 Å². The van der Waals surface area contributed by atoms with Gasteiger partial charge >= 0.3 is 0 Å². The third kappa shape index (κ3) is 4.20. The third-order valence-corrected chi connectivity index (χ3v) is 6.11. The van der Waals surface area contributed by atoms with E-state index in [0.29, 0.717) is 23.5 Å².